The molecule has 2 rings (SSSR count). The van der Waals surface area contributed by atoms with Crippen LogP contribution in [-0.4, -0.2) is 28.6 Å². The summed E-state index contributed by atoms with van der Waals surface area (Å²) in [6.07, 6.45) is 2.40. The smallest absolute Gasteiger partial charge is 0.320 e. The summed E-state index contributed by atoms with van der Waals surface area (Å²) in [6, 6.07) is -0.153. The van der Waals surface area contributed by atoms with E-state index in [1.54, 1.807) is 6.20 Å². The molecule has 1 aliphatic rings. The molecular weight excluding hydrogens is 206 g/mol. The van der Waals surface area contributed by atoms with Crippen molar-refractivity contribution in [2.24, 2.45) is 0 Å². The molecule has 0 atom stereocenters. The lowest BCUT2D eigenvalue weighted by atomic mass is 10.3. The van der Waals surface area contributed by atoms with E-state index < -0.39 is 0 Å². The minimum absolute atomic E-state index is 0.101. The van der Waals surface area contributed by atoms with Gasteiger partial charge >= 0.3 is 6.03 Å². The predicted molar refractivity (Wildman–Crippen MR) is 61.5 cm³/mol. The Hall–Kier alpha value is -1.85. The highest BCUT2D eigenvalue weighted by atomic mass is 16.2. The maximum atomic E-state index is 11.4. The summed E-state index contributed by atoms with van der Waals surface area (Å²) >= 11 is 0. The van der Waals surface area contributed by atoms with Crippen LogP contribution in [0.3, 0.4) is 0 Å². The first-order valence-electron chi connectivity index (χ1n) is 5.32. The van der Waals surface area contributed by atoms with E-state index in [0.717, 1.165) is 24.5 Å². The topological polar surface area (TPSA) is 78.9 Å². The van der Waals surface area contributed by atoms with Crippen LogP contribution in [0.2, 0.25) is 0 Å². The zero-order valence-electron chi connectivity index (χ0n) is 9.37. The van der Waals surface area contributed by atoms with E-state index in [0.29, 0.717) is 5.82 Å². The van der Waals surface area contributed by atoms with Crippen molar-refractivity contribution in [3.63, 3.8) is 0 Å². The largest absolute Gasteiger partial charge is 0.368 e. The highest BCUT2D eigenvalue weighted by molar-refractivity contribution is 5.88. The van der Waals surface area contributed by atoms with Crippen molar-refractivity contribution in [2.45, 2.75) is 26.3 Å². The summed E-state index contributed by atoms with van der Waals surface area (Å²) in [5, 5.41) is 8.49. The minimum Gasteiger partial charge on any atom is -0.368 e. The fraction of sp³-hybridized carbons (Fsp3) is 0.500. The van der Waals surface area contributed by atoms with Gasteiger partial charge in [0.1, 0.15) is 5.82 Å². The summed E-state index contributed by atoms with van der Waals surface area (Å²) < 4.78 is 0. The molecule has 0 spiro atoms. The molecule has 0 saturated heterocycles. The van der Waals surface area contributed by atoms with Crippen molar-refractivity contribution in [2.75, 3.05) is 17.2 Å². The SMILES string of the molecule is CC(C)NC(=O)Nc1cnc2c(n1)CCN2. The number of nitrogens with zero attached hydrogens (tertiary/aromatic N) is 2. The number of aromatic nitrogens is 2. The van der Waals surface area contributed by atoms with Crippen molar-refractivity contribution in [3.05, 3.63) is 11.9 Å². The van der Waals surface area contributed by atoms with E-state index in [4.69, 9.17) is 0 Å². The van der Waals surface area contributed by atoms with Crippen LogP contribution in [0, 0.1) is 0 Å². The second-order valence-corrected chi connectivity index (χ2v) is 3.98. The van der Waals surface area contributed by atoms with Gasteiger partial charge in [-0.25, -0.2) is 14.8 Å². The van der Waals surface area contributed by atoms with Crippen LogP contribution in [0.4, 0.5) is 16.4 Å². The first kappa shape index (κ1) is 10.7. The summed E-state index contributed by atoms with van der Waals surface area (Å²) in [5.74, 6) is 1.30. The number of hydrogen-bond donors (Lipinski definition) is 3. The second-order valence-electron chi connectivity index (χ2n) is 3.98. The average molecular weight is 221 g/mol. The summed E-state index contributed by atoms with van der Waals surface area (Å²) in [5.41, 5.74) is 0.905. The van der Waals surface area contributed by atoms with E-state index in [-0.39, 0.29) is 12.1 Å². The molecule has 0 unspecified atom stereocenters. The number of hydrogen-bond acceptors (Lipinski definition) is 4. The van der Waals surface area contributed by atoms with Gasteiger partial charge < -0.3 is 10.6 Å². The fourth-order valence-electron chi connectivity index (χ4n) is 1.52. The number of rotatable bonds is 2. The predicted octanol–water partition coefficient (Wildman–Crippen LogP) is 0.974. The Balaban J connectivity index is 2.02. The molecule has 0 aliphatic carbocycles. The molecule has 86 valence electrons. The van der Waals surface area contributed by atoms with Crippen molar-refractivity contribution in [3.8, 4) is 0 Å². The molecule has 6 nitrogen and oxygen atoms in total. The molecule has 0 saturated carbocycles. The maximum Gasteiger partial charge on any atom is 0.320 e. The Morgan fingerprint density at radius 3 is 3.12 bits per heavy atom. The molecule has 2 heterocycles. The van der Waals surface area contributed by atoms with Crippen molar-refractivity contribution >= 4 is 17.7 Å². The Labute approximate surface area is 93.9 Å². The monoisotopic (exact) mass is 221 g/mol. The zero-order chi connectivity index (χ0) is 11.5. The van der Waals surface area contributed by atoms with Gasteiger partial charge in [-0.2, -0.15) is 0 Å². The Bertz CT molecular complexity index is 404. The molecule has 3 N–H and O–H groups in total. The van der Waals surface area contributed by atoms with E-state index in [2.05, 4.69) is 25.9 Å². The fourth-order valence-corrected chi connectivity index (χ4v) is 1.52. The van der Waals surface area contributed by atoms with Gasteiger partial charge in [-0.3, -0.25) is 5.32 Å². The van der Waals surface area contributed by atoms with Crippen molar-refractivity contribution < 1.29 is 4.79 Å². The van der Waals surface area contributed by atoms with Crippen molar-refractivity contribution in [1.29, 1.82) is 0 Å². The third-order valence-electron chi connectivity index (χ3n) is 2.16. The molecular formula is C10H15N5O. The van der Waals surface area contributed by atoms with Gasteiger partial charge in [-0.05, 0) is 13.8 Å². The first-order valence-corrected chi connectivity index (χ1v) is 5.32. The highest BCUT2D eigenvalue weighted by Crippen LogP contribution is 2.18. The Morgan fingerprint density at radius 2 is 2.38 bits per heavy atom. The lowest BCUT2D eigenvalue weighted by molar-refractivity contribution is 0.250. The number of anilines is 2. The Morgan fingerprint density at radius 1 is 1.56 bits per heavy atom. The summed E-state index contributed by atoms with van der Waals surface area (Å²) in [4.78, 5) is 19.9. The molecule has 0 fully saturated rings. The molecule has 1 aliphatic heterocycles. The van der Waals surface area contributed by atoms with Gasteiger partial charge in [0, 0.05) is 19.0 Å². The van der Waals surface area contributed by atoms with Crippen LogP contribution in [0.5, 0.6) is 0 Å². The minimum atomic E-state index is -0.254. The number of carbonyl (C=O) groups excluding carboxylic acids is 1. The summed E-state index contributed by atoms with van der Waals surface area (Å²) in [7, 11) is 0. The molecule has 1 aromatic rings. The average Bonchev–Trinajstić information content (AvgIpc) is 2.63. The molecule has 6 heteroatoms. The van der Waals surface area contributed by atoms with E-state index in [1.807, 2.05) is 13.8 Å². The van der Waals surface area contributed by atoms with Crippen LogP contribution < -0.4 is 16.0 Å². The normalized spacial score (nSPS) is 13.2. The number of amides is 2. The molecule has 0 bridgehead atoms. The lowest BCUT2D eigenvalue weighted by Crippen LogP contribution is -2.34. The number of carbonyl (C=O) groups is 1. The Kier molecular flexibility index (Phi) is 2.89. The highest BCUT2D eigenvalue weighted by Gasteiger charge is 2.14. The van der Waals surface area contributed by atoms with E-state index in [9.17, 15) is 4.79 Å². The second kappa shape index (κ2) is 4.34. The molecule has 0 radical (unpaired) electrons. The maximum absolute atomic E-state index is 11.4. The van der Waals surface area contributed by atoms with Gasteiger partial charge in [0.2, 0.25) is 0 Å². The third-order valence-corrected chi connectivity index (χ3v) is 2.16. The first-order chi connectivity index (χ1) is 7.65. The number of urea groups is 1. The molecule has 0 aromatic carbocycles. The molecule has 16 heavy (non-hydrogen) atoms. The van der Waals surface area contributed by atoms with Crippen LogP contribution >= 0.6 is 0 Å². The van der Waals surface area contributed by atoms with Crippen LogP contribution in [-0.2, 0) is 6.42 Å². The van der Waals surface area contributed by atoms with Crippen molar-refractivity contribution in [1.82, 2.24) is 15.3 Å². The summed E-state index contributed by atoms with van der Waals surface area (Å²) in [6.45, 7) is 4.66. The van der Waals surface area contributed by atoms with Gasteiger partial charge in [0.15, 0.2) is 5.82 Å². The number of nitrogens with one attached hydrogen (secondary N) is 3. The van der Waals surface area contributed by atoms with Crippen LogP contribution in [0.1, 0.15) is 19.5 Å². The van der Waals surface area contributed by atoms with Crippen LogP contribution in [0.15, 0.2) is 6.20 Å². The van der Waals surface area contributed by atoms with E-state index in [1.165, 1.54) is 0 Å². The van der Waals surface area contributed by atoms with Gasteiger partial charge in [-0.1, -0.05) is 0 Å². The number of fused-ring (bicyclic) bond motifs is 1. The third kappa shape index (κ3) is 2.39. The van der Waals surface area contributed by atoms with Gasteiger partial charge in [0.25, 0.3) is 0 Å². The quantitative estimate of drug-likeness (QED) is 0.695. The molecule has 1 aromatic heterocycles. The molecule has 2 amide bonds. The van der Waals surface area contributed by atoms with Gasteiger partial charge in [-0.15, -0.1) is 0 Å². The zero-order valence-corrected chi connectivity index (χ0v) is 9.37. The van der Waals surface area contributed by atoms with Crippen LogP contribution in [0.25, 0.3) is 0 Å². The standard InChI is InChI=1S/C10H15N5O/c1-6(2)13-10(16)15-8-5-12-9-7(14-8)3-4-11-9/h5-6H,3-4H2,1-2H3,(H,11,12)(H2,13,14,15,16). The lowest BCUT2D eigenvalue weighted by Gasteiger charge is -2.09. The van der Waals surface area contributed by atoms with E-state index >= 15 is 0 Å². The van der Waals surface area contributed by atoms with Gasteiger partial charge in [0.05, 0.1) is 11.9 Å².